The van der Waals surface area contributed by atoms with Gasteiger partial charge >= 0.3 is 12.0 Å². The molecular formula is C14H24N2O4. The van der Waals surface area contributed by atoms with E-state index < -0.39 is 5.97 Å². The third-order valence-electron chi connectivity index (χ3n) is 4.05. The van der Waals surface area contributed by atoms with Crippen LogP contribution in [0.1, 0.15) is 40.0 Å². The number of likely N-dealkylation sites (tertiary alicyclic amines) is 1. The molecule has 2 rings (SSSR count). The number of fused-ring (bicyclic) bond motifs is 2. The molecule has 0 aromatic heterocycles. The van der Waals surface area contributed by atoms with Crippen molar-refractivity contribution in [3.63, 3.8) is 0 Å². The second-order valence-electron chi connectivity index (χ2n) is 6.83. The summed E-state index contributed by atoms with van der Waals surface area (Å²) in [7, 11) is 0. The molecule has 3 unspecified atom stereocenters. The van der Waals surface area contributed by atoms with Gasteiger partial charge in [0.15, 0.2) is 0 Å². The third-order valence-corrected chi connectivity index (χ3v) is 4.05. The fraction of sp³-hybridized carbons (Fsp3) is 0.857. The van der Waals surface area contributed by atoms with E-state index in [9.17, 15) is 9.59 Å². The smallest absolute Gasteiger partial charge is 0.317 e. The van der Waals surface area contributed by atoms with E-state index in [1.807, 2.05) is 20.8 Å². The number of morpholine rings is 1. The van der Waals surface area contributed by atoms with E-state index in [1.165, 1.54) is 0 Å². The minimum Gasteiger partial charge on any atom is -0.481 e. The molecule has 20 heavy (non-hydrogen) atoms. The normalized spacial score (nSPS) is 27.2. The van der Waals surface area contributed by atoms with Crippen molar-refractivity contribution < 1.29 is 19.4 Å². The van der Waals surface area contributed by atoms with Crippen LogP contribution in [-0.4, -0.2) is 53.3 Å². The van der Waals surface area contributed by atoms with Gasteiger partial charge < -0.3 is 20.1 Å². The zero-order valence-corrected chi connectivity index (χ0v) is 12.4. The Labute approximate surface area is 119 Å². The number of amides is 2. The SMILES string of the molecule is CC(C)(C)C(CC(=O)O)NC(=O)N1CC2CCC(C1)O2. The Morgan fingerprint density at radius 3 is 2.30 bits per heavy atom. The molecule has 2 aliphatic heterocycles. The van der Waals surface area contributed by atoms with Gasteiger partial charge in [-0.3, -0.25) is 4.79 Å². The summed E-state index contributed by atoms with van der Waals surface area (Å²) in [5.74, 6) is -0.896. The second-order valence-corrected chi connectivity index (χ2v) is 6.83. The highest BCUT2D eigenvalue weighted by Gasteiger charge is 2.37. The first kappa shape index (κ1) is 15.1. The van der Waals surface area contributed by atoms with Crippen molar-refractivity contribution in [1.29, 1.82) is 0 Å². The van der Waals surface area contributed by atoms with Crippen LogP contribution in [0, 0.1) is 5.41 Å². The van der Waals surface area contributed by atoms with Crippen LogP contribution in [0.5, 0.6) is 0 Å². The quantitative estimate of drug-likeness (QED) is 0.822. The van der Waals surface area contributed by atoms with E-state index in [1.54, 1.807) is 4.90 Å². The number of hydrogen-bond acceptors (Lipinski definition) is 3. The maximum atomic E-state index is 12.3. The van der Waals surface area contributed by atoms with E-state index in [4.69, 9.17) is 9.84 Å². The van der Waals surface area contributed by atoms with Crippen molar-refractivity contribution in [2.24, 2.45) is 5.41 Å². The Morgan fingerprint density at radius 2 is 1.85 bits per heavy atom. The summed E-state index contributed by atoms with van der Waals surface area (Å²) < 4.78 is 5.70. The number of nitrogens with one attached hydrogen (secondary N) is 1. The number of urea groups is 1. The summed E-state index contributed by atoms with van der Waals surface area (Å²) in [6.45, 7) is 7.01. The van der Waals surface area contributed by atoms with Gasteiger partial charge in [0, 0.05) is 19.1 Å². The Bertz CT molecular complexity index is 379. The van der Waals surface area contributed by atoms with Gasteiger partial charge in [0.05, 0.1) is 18.6 Å². The first-order valence-electron chi connectivity index (χ1n) is 7.18. The predicted molar refractivity (Wildman–Crippen MR) is 73.5 cm³/mol. The second kappa shape index (κ2) is 5.60. The Balaban J connectivity index is 1.96. The molecule has 2 aliphatic rings. The van der Waals surface area contributed by atoms with Gasteiger partial charge in [0.2, 0.25) is 0 Å². The number of carbonyl (C=O) groups is 2. The van der Waals surface area contributed by atoms with Crippen LogP contribution >= 0.6 is 0 Å². The Hall–Kier alpha value is -1.30. The first-order chi connectivity index (χ1) is 9.25. The lowest BCUT2D eigenvalue weighted by Crippen LogP contribution is -2.54. The highest BCUT2D eigenvalue weighted by Crippen LogP contribution is 2.27. The van der Waals surface area contributed by atoms with Crippen LogP contribution in [0.15, 0.2) is 0 Å². The summed E-state index contributed by atoms with van der Waals surface area (Å²) in [4.78, 5) is 25.0. The average Bonchev–Trinajstić information content (AvgIpc) is 2.65. The number of ether oxygens (including phenoxy) is 1. The highest BCUT2D eigenvalue weighted by molar-refractivity contribution is 5.76. The molecule has 0 spiro atoms. The largest absolute Gasteiger partial charge is 0.481 e. The van der Waals surface area contributed by atoms with Crippen LogP contribution in [0.4, 0.5) is 4.79 Å². The lowest BCUT2D eigenvalue weighted by atomic mass is 9.85. The molecule has 2 saturated heterocycles. The molecule has 3 atom stereocenters. The van der Waals surface area contributed by atoms with Crippen molar-refractivity contribution in [2.45, 2.75) is 58.3 Å². The Kier molecular flexibility index (Phi) is 4.22. The van der Waals surface area contributed by atoms with E-state index in [0.29, 0.717) is 13.1 Å². The van der Waals surface area contributed by atoms with Crippen molar-refractivity contribution in [3.8, 4) is 0 Å². The maximum absolute atomic E-state index is 12.3. The van der Waals surface area contributed by atoms with Gasteiger partial charge in [-0.05, 0) is 18.3 Å². The van der Waals surface area contributed by atoms with Crippen molar-refractivity contribution in [1.82, 2.24) is 10.2 Å². The molecule has 2 bridgehead atoms. The molecule has 0 radical (unpaired) electrons. The van der Waals surface area contributed by atoms with Gasteiger partial charge in [-0.25, -0.2) is 4.79 Å². The maximum Gasteiger partial charge on any atom is 0.317 e. The number of nitrogens with zero attached hydrogens (tertiary/aromatic N) is 1. The molecule has 0 aromatic rings. The minimum absolute atomic E-state index is 0.0631. The number of carboxylic acids is 1. The lowest BCUT2D eigenvalue weighted by molar-refractivity contribution is -0.138. The molecule has 2 N–H and O–H groups in total. The minimum atomic E-state index is -0.896. The highest BCUT2D eigenvalue weighted by atomic mass is 16.5. The molecule has 0 aliphatic carbocycles. The molecule has 6 nitrogen and oxygen atoms in total. The Morgan fingerprint density at radius 1 is 1.30 bits per heavy atom. The zero-order valence-electron chi connectivity index (χ0n) is 12.4. The van der Waals surface area contributed by atoms with Crippen LogP contribution in [0.3, 0.4) is 0 Å². The molecule has 2 fully saturated rings. The summed E-state index contributed by atoms with van der Waals surface area (Å²) in [6.07, 6.45) is 2.24. The number of carboxylic acid groups (broad SMARTS) is 1. The van der Waals surface area contributed by atoms with Gasteiger partial charge in [-0.2, -0.15) is 0 Å². The lowest BCUT2D eigenvalue weighted by Gasteiger charge is -2.36. The summed E-state index contributed by atoms with van der Waals surface area (Å²) in [5.41, 5.74) is -0.292. The first-order valence-corrected chi connectivity index (χ1v) is 7.18. The molecular weight excluding hydrogens is 260 g/mol. The molecule has 0 aromatic carbocycles. The number of carbonyl (C=O) groups excluding carboxylic acids is 1. The van der Waals surface area contributed by atoms with Gasteiger partial charge in [0.25, 0.3) is 0 Å². The number of hydrogen-bond donors (Lipinski definition) is 2. The fourth-order valence-corrected chi connectivity index (χ4v) is 2.77. The van der Waals surface area contributed by atoms with Crippen molar-refractivity contribution in [3.05, 3.63) is 0 Å². The fourth-order valence-electron chi connectivity index (χ4n) is 2.77. The van der Waals surface area contributed by atoms with Crippen LogP contribution in [-0.2, 0) is 9.53 Å². The zero-order chi connectivity index (χ0) is 14.9. The molecule has 2 amide bonds. The standard InChI is InChI=1S/C14H24N2O4/c1-14(2,3)11(6-12(17)18)15-13(19)16-7-9-4-5-10(8-16)20-9/h9-11H,4-8H2,1-3H3,(H,15,19)(H,17,18). The van der Waals surface area contributed by atoms with Crippen LogP contribution in [0.2, 0.25) is 0 Å². The van der Waals surface area contributed by atoms with E-state index in [2.05, 4.69) is 5.32 Å². The molecule has 6 heteroatoms. The van der Waals surface area contributed by atoms with Gasteiger partial charge in [-0.15, -0.1) is 0 Å². The summed E-state index contributed by atoms with van der Waals surface area (Å²) in [6, 6.07) is -0.556. The van der Waals surface area contributed by atoms with E-state index >= 15 is 0 Å². The van der Waals surface area contributed by atoms with Crippen molar-refractivity contribution in [2.75, 3.05) is 13.1 Å². The monoisotopic (exact) mass is 284 g/mol. The van der Waals surface area contributed by atoms with Crippen LogP contribution in [0.25, 0.3) is 0 Å². The van der Waals surface area contributed by atoms with Gasteiger partial charge in [-0.1, -0.05) is 20.8 Å². The number of rotatable bonds is 3. The number of aliphatic carboxylic acids is 1. The summed E-state index contributed by atoms with van der Waals surface area (Å²) >= 11 is 0. The predicted octanol–water partition coefficient (Wildman–Crippen LogP) is 1.45. The average molecular weight is 284 g/mol. The van der Waals surface area contributed by atoms with Crippen molar-refractivity contribution >= 4 is 12.0 Å². The van der Waals surface area contributed by atoms with E-state index in [-0.39, 0.29) is 36.1 Å². The van der Waals surface area contributed by atoms with Crippen LogP contribution < -0.4 is 5.32 Å². The topological polar surface area (TPSA) is 78.9 Å². The molecule has 2 heterocycles. The third kappa shape index (κ3) is 3.62. The molecule has 114 valence electrons. The van der Waals surface area contributed by atoms with E-state index in [0.717, 1.165) is 12.8 Å². The van der Waals surface area contributed by atoms with Gasteiger partial charge in [0.1, 0.15) is 0 Å². The molecule has 0 saturated carbocycles. The summed E-state index contributed by atoms with van der Waals surface area (Å²) in [5, 5.41) is 11.9.